The molecule has 32 heavy (non-hydrogen) atoms. The molecule has 0 amide bonds. The summed E-state index contributed by atoms with van der Waals surface area (Å²) in [5.74, 6) is 1.83. The van der Waals surface area contributed by atoms with Crippen LogP contribution in [0.15, 0.2) is 36.7 Å². The number of nitro benzene ring substituents is 1. The molecule has 4 rings (SSSR count). The van der Waals surface area contributed by atoms with Gasteiger partial charge in [-0.25, -0.2) is 19.5 Å². The summed E-state index contributed by atoms with van der Waals surface area (Å²) in [6, 6.07) is 7.62. The molecule has 0 spiro atoms. The number of aromatic nitrogens is 5. The lowest BCUT2D eigenvalue weighted by molar-refractivity contribution is -0.384. The lowest BCUT2D eigenvalue weighted by atomic mass is 10.2. The van der Waals surface area contributed by atoms with E-state index in [0.29, 0.717) is 34.0 Å². The van der Waals surface area contributed by atoms with Crippen LogP contribution in [0.1, 0.15) is 0 Å². The van der Waals surface area contributed by atoms with Crippen LogP contribution in [0.25, 0.3) is 17.0 Å². The van der Waals surface area contributed by atoms with Crippen molar-refractivity contribution in [3.8, 4) is 23.2 Å². The minimum atomic E-state index is -0.503. The molecule has 2 aromatic heterocycles. The van der Waals surface area contributed by atoms with E-state index in [9.17, 15) is 10.1 Å². The standard InChI is InChI=1S/C19H18N8O5/c1-30-14-6-10(7-15(31-2)16(14)32-3)23-18-21-9-22-19(25-18)26-13-5-4-11(27(28)29)8-12(13)24-17(26)20/h4-9H,1-3H3,(H2,20,24)(H,21,22,23,25). The maximum Gasteiger partial charge on any atom is 0.271 e. The summed E-state index contributed by atoms with van der Waals surface area (Å²) in [4.78, 5) is 27.4. The molecule has 2 heterocycles. The van der Waals surface area contributed by atoms with Crippen LogP contribution in [0.3, 0.4) is 0 Å². The first-order valence-corrected chi connectivity index (χ1v) is 9.14. The minimum Gasteiger partial charge on any atom is -0.493 e. The van der Waals surface area contributed by atoms with Gasteiger partial charge in [-0.2, -0.15) is 4.98 Å². The summed E-state index contributed by atoms with van der Waals surface area (Å²) >= 11 is 0. The molecule has 0 radical (unpaired) electrons. The zero-order chi connectivity index (χ0) is 22.8. The van der Waals surface area contributed by atoms with Crippen molar-refractivity contribution < 1.29 is 19.1 Å². The molecule has 0 aliphatic carbocycles. The molecule has 0 aliphatic heterocycles. The van der Waals surface area contributed by atoms with Crippen molar-refractivity contribution in [2.24, 2.45) is 0 Å². The van der Waals surface area contributed by atoms with E-state index in [4.69, 9.17) is 19.9 Å². The normalized spacial score (nSPS) is 10.7. The Bertz CT molecular complexity index is 1300. The zero-order valence-electron chi connectivity index (χ0n) is 17.3. The van der Waals surface area contributed by atoms with Crippen LogP contribution in [0.4, 0.5) is 23.3 Å². The van der Waals surface area contributed by atoms with Gasteiger partial charge in [-0.05, 0) is 6.07 Å². The third kappa shape index (κ3) is 3.62. The first-order chi connectivity index (χ1) is 15.4. The van der Waals surface area contributed by atoms with Crippen molar-refractivity contribution in [2.75, 3.05) is 32.4 Å². The van der Waals surface area contributed by atoms with E-state index in [2.05, 4.69) is 25.3 Å². The number of nitrogens with one attached hydrogen (secondary N) is 1. The van der Waals surface area contributed by atoms with E-state index in [1.54, 1.807) is 12.1 Å². The van der Waals surface area contributed by atoms with E-state index in [0.717, 1.165) is 0 Å². The molecule has 13 nitrogen and oxygen atoms in total. The monoisotopic (exact) mass is 438 g/mol. The number of rotatable bonds is 7. The second kappa shape index (κ2) is 8.22. The Morgan fingerprint density at radius 3 is 2.38 bits per heavy atom. The van der Waals surface area contributed by atoms with E-state index in [1.165, 1.54) is 50.4 Å². The van der Waals surface area contributed by atoms with Crippen LogP contribution in [-0.2, 0) is 0 Å². The van der Waals surface area contributed by atoms with Gasteiger partial charge >= 0.3 is 0 Å². The zero-order valence-corrected chi connectivity index (χ0v) is 17.3. The van der Waals surface area contributed by atoms with Crippen molar-refractivity contribution in [2.45, 2.75) is 0 Å². The van der Waals surface area contributed by atoms with Crippen LogP contribution in [-0.4, -0.2) is 50.8 Å². The molecule has 2 aromatic carbocycles. The maximum absolute atomic E-state index is 11.0. The van der Waals surface area contributed by atoms with Crippen molar-refractivity contribution in [1.82, 2.24) is 24.5 Å². The highest BCUT2D eigenvalue weighted by molar-refractivity contribution is 5.82. The minimum absolute atomic E-state index is 0.0745. The van der Waals surface area contributed by atoms with Crippen molar-refractivity contribution in [3.05, 3.63) is 46.8 Å². The molecule has 4 aromatic rings. The SMILES string of the molecule is COc1cc(Nc2ncnc(-n3c(N)nc4cc([N+](=O)[O-])ccc43)n2)cc(OC)c1OC. The number of hydrogen-bond donors (Lipinski definition) is 2. The fourth-order valence-electron chi connectivity index (χ4n) is 3.15. The molecule has 3 N–H and O–H groups in total. The highest BCUT2D eigenvalue weighted by atomic mass is 16.6. The van der Waals surface area contributed by atoms with Gasteiger partial charge in [0, 0.05) is 30.0 Å². The largest absolute Gasteiger partial charge is 0.493 e. The van der Waals surface area contributed by atoms with Gasteiger partial charge in [-0.15, -0.1) is 0 Å². The molecular weight excluding hydrogens is 420 g/mol. The summed E-state index contributed by atoms with van der Waals surface area (Å²) in [5.41, 5.74) is 7.38. The first-order valence-electron chi connectivity index (χ1n) is 9.14. The van der Waals surface area contributed by atoms with Crippen LogP contribution in [0.5, 0.6) is 17.2 Å². The quantitative estimate of drug-likeness (QED) is 0.321. The average Bonchev–Trinajstić information content (AvgIpc) is 3.13. The highest BCUT2D eigenvalue weighted by Crippen LogP contribution is 2.40. The molecule has 164 valence electrons. The van der Waals surface area contributed by atoms with Gasteiger partial charge in [-0.1, -0.05) is 0 Å². The smallest absolute Gasteiger partial charge is 0.271 e. The van der Waals surface area contributed by atoms with Crippen LogP contribution in [0.2, 0.25) is 0 Å². The number of ether oxygens (including phenoxy) is 3. The van der Waals surface area contributed by atoms with Gasteiger partial charge in [0.1, 0.15) is 6.33 Å². The Kier molecular flexibility index (Phi) is 5.29. The second-order valence-corrected chi connectivity index (χ2v) is 6.38. The van der Waals surface area contributed by atoms with Crippen LogP contribution in [0, 0.1) is 10.1 Å². The Labute approximate surface area is 181 Å². The van der Waals surface area contributed by atoms with Crippen molar-refractivity contribution in [3.63, 3.8) is 0 Å². The molecule has 0 unspecified atom stereocenters. The fourth-order valence-corrected chi connectivity index (χ4v) is 3.15. The number of hydrogen-bond acceptors (Lipinski definition) is 11. The van der Waals surface area contributed by atoms with E-state index < -0.39 is 4.92 Å². The van der Waals surface area contributed by atoms with Gasteiger partial charge in [0.25, 0.3) is 5.69 Å². The third-order valence-electron chi connectivity index (χ3n) is 4.55. The number of fused-ring (bicyclic) bond motifs is 1. The number of non-ortho nitro benzene ring substituents is 1. The fraction of sp³-hybridized carbons (Fsp3) is 0.158. The Morgan fingerprint density at radius 1 is 1.03 bits per heavy atom. The topological polar surface area (TPSA) is 165 Å². The van der Waals surface area contributed by atoms with E-state index >= 15 is 0 Å². The van der Waals surface area contributed by atoms with Gasteiger partial charge in [0.2, 0.25) is 23.6 Å². The van der Waals surface area contributed by atoms with Crippen molar-refractivity contribution >= 4 is 34.3 Å². The van der Waals surface area contributed by atoms with Gasteiger partial charge < -0.3 is 25.3 Å². The predicted octanol–water partition coefficient (Wildman–Crippen LogP) is 2.47. The number of imidazole rings is 1. The predicted molar refractivity (Wildman–Crippen MR) is 115 cm³/mol. The number of nitrogens with zero attached hydrogens (tertiary/aromatic N) is 6. The molecule has 0 saturated carbocycles. The van der Waals surface area contributed by atoms with E-state index in [1.807, 2.05) is 0 Å². The molecule has 13 heteroatoms. The molecule has 0 atom stereocenters. The van der Waals surface area contributed by atoms with Crippen molar-refractivity contribution in [1.29, 1.82) is 0 Å². The molecular formula is C19H18N8O5. The van der Waals surface area contributed by atoms with Gasteiger partial charge in [0.15, 0.2) is 11.5 Å². The lowest BCUT2D eigenvalue weighted by Crippen LogP contribution is -2.08. The summed E-state index contributed by atoms with van der Waals surface area (Å²) in [6.45, 7) is 0. The number of methoxy groups -OCH3 is 3. The Hall–Kier alpha value is -4.68. The first kappa shape index (κ1) is 20.6. The molecule has 0 bridgehead atoms. The Morgan fingerprint density at radius 2 is 1.75 bits per heavy atom. The number of anilines is 3. The second-order valence-electron chi connectivity index (χ2n) is 6.38. The molecule has 0 saturated heterocycles. The summed E-state index contributed by atoms with van der Waals surface area (Å²) in [5, 5.41) is 14.1. The van der Waals surface area contributed by atoms with Crippen LogP contribution < -0.4 is 25.3 Å². The third-order valence-corrected chi connectivity index (χ3v) is 4.55. The Balaban J connectivity index is 1.73. The van der Waals surface area contributed by atoms with Gasteiger partial charge in [0.05, 0.1) is 37.3 Å². The van der Waals surface area contributed by atoms with Gasteiger partial charge in [-0.3, -0.25) is 10.1 Å². The summed E-state index contributed by atoms with van der Waals surface area (Å²) in [7, 11) is 4.54. The average molecular weight is 438 g/mol. The lowest BCUT2D eigenvalue weighted by Gasteiger charge is -2.14. The summed E-state index contributed by atoms with van der Waals surface area (Å²) in [6.07, 6.45) is 1.30. The number of benzene rings is 2. The highest BCUT2D eigenvalue weighted by Gasteiger charge is 2.17. The molecule has 0 fully saturated rings. The number of nitrogen functional groups attached to an aromatic ring is 1. The van der Waals surface area contributed by atoms with Crippen LogP contribution >= 0.6 is 0 Å². The summed E-state index contributed by atoms with van der Waals surface area (Å²) < 4.78 is 17.5. The maximum atomic E-state index is 11.0. The number of nitro groups is 1. The molecule has 0 aliphatic rings. The number of nitrogens with two attached hydrogens (primary N) is 1. The van der Waals surface area contributed by atoms with E-state index in [-0.39, 0.29) is 23.5 Å².